The molecule has 4 aliphatic rings. The number of Topliss-reactive ketones (excluding diaryl/α,β-unsaturated/α-hetero) is 2. The maximum absolute atomic E-state index is 12.5. The molecule has 0 aromatic rings. The quantitative estimate of drug-likeness (QED) is 0.488. The first-order valence-corrected chi connectivity index (χ1v) is 6.27. The van der Waals surface area contributed by atoms with Gasteiger partial charge < -0.3 is 14.9 Å². The highest BCUT2D eigenvalue weighted by molar-refractivity contribution is 6.11. The number of aliphatic hydroxyl groups excluding tert-OH is 2. The molecule has 18 heavy (non-hydrogen) atoms. The molecule has 6 atom stereocenters. The van der Waals surface area contributed by atoms with Crippen LogP contribution in [0.2, 0.25) is 0 Å². The Labute approximate surface area is 103 Å². The van der Waals surface area contributed by atoms with Crippen LogP contribution in [0.1, 0.15) is 6.42 Å². The average Bonchev–Trinajstić information content (AvgIpc) is 2.97. The molecule has 1 heterocycles. The zero-order valence-corrected chi connectivity index (χ0v) is 9.70. The van der Waals surface area contributed by atoms with E-state index in [2.05, 4.69) is 0 Å². The first-order valence-electron chi connectivity index (χ1n) is 6.27. The lowest BCUT2D eigenvalue weighted by Crippen LogP contribution is -2.64. The van der Waals surface area contributed by atoms with Gasteiger partial charge in [-0.25, -0.2) is 0 Å². The van der Waals surface area contributed by atoms with Crippen LogP contribution in [0.4, 0.5) is 0 Å². The van der Waals surface area contributed by atoms with Crippen LogP contribution in [0, 0.1) is 22.7 Å². The Hall–Kier alpha value is -1.04. The van der Waals surface area contributed by atoms with Crippen molar-refractivity contribution in [3.05, 3.63) is 12.2 Å². The van der Waals surface area contributed by atoms with E-state index in [0.29, 0.717) is 6.42 Å². The molecular formula is C13H14O5. The lowest BCUT2D eigenvalue weighted by atomic mass is 9.51. The molecule has 1 aliphatic heterocycles. The van der Waals surface area contributed by atoms with Gasteiger partial charge in [-0.15, -0.1) is 0 Å². The lowest BCUT2D eigenvalue weighted by Gasteiger charge is -2.48. The molecule has 0 aromatic carbocycles. The summed E-state index contributed by atoms with van der Waals surface area (Å²) in [4.78, 5) is 25.0. The standard InChI is InChI=1S/C13H14O5/c14-4-12-6-1-2-7(3-6)13(12,5-15)11(17)9-8(18-9)10(12)16/h1-2,6-9,14-15H,3-5H2/t6-,7+,8-,9+,12+,13-. The maximum Gasteiger partial charge on any atom is 0.174 e. The van der Waals surface area contributed by atoms with E-state index in [0.717, 1.165) is 0 Å². The number of epoxide rings is 1. The van der Waals surface area contributed by atoms with Gasteiger partial charge in [0.05, 0.1) is 24.0 Å². The fourth-order valence-electron chi connectivity index (χ4n) is 4.59. The number of ether oxygens (including phenoxy) is 1. The Morgan fingerprint density at radius 1 is 1.06 bits per heavy atom. The number of aliphatic hydroxyl groups is 2. The van der Waals surface area contributed by atoms with Crippen molar-refractivity contribution in [1.82, 2.24) is 0 Å². The van der Waals surface area contributed by atoms with Gasteiger partial charge in [0.2, 0.25) is 0 Å². The second-order valence-corrected chi connectivity index (χ2v) is 5.80. The van der Waals surface area contributed by atoms with Gasteiger partial charge in [-0.3, -0.25) is 9.59 Å². The summed E-state index contributed by atoms with van der Waals surface area (Å²) >= 11 is 0. The summed E-state index contributed by atoms with van der Waals surface area (Å²) in [7, 11) is 0. The minimum Gasteiger partial charge on any atom is -0.395 e. The first kappa shape index (κ1) is 10.8. The number of allylic oxidation sites excluding steroid dienone is 2. The smallest absolute Gasteiger partial charge is 0.174 e. The summed E-state index contributed by atoms with van der Waals surface area (Å²) in [6, 6.07) is 0. The van der Waals surface area contributed by atoms with E-state index in [1.165, 1.54) is 0 Å². The maximum atomic E-state index is 12.5. The molecule has 1 saturated heterocycles. The highest BCUT2D eigenvalue weighted by Gasteiger charge is 2.80. The lowest BCUT2D eigenvalue weighted by molar-refractivity contribution is -0.164. The Balaban J connectivity index is 1.99. The summed E-state index contributed by atoms with van der Waals surface area (Å²) in [6.07, 6.45) is 3.11. The van der Waals surface area contributed by atoms with Gasteiger partial charge in [0, 0.05) is 0 Å². The number of carbonyl (C=O) groups excluding carboxylic acids is 2. The summed E-state index contributed by atoms with van der Waals surface area (Å²) in [6.45, 7) is -0.785. The fraction of sp³-hybridized carbons (Fsp3) is 0.692. The Bertz CT molecular complexity index is 456. The second kappa shape index (κ2) is 2.92. The van der Waals surface area contributed by atoms with Gasteiger partial charge in [-0.05, 0) is 18.3 Å². The molecule has 2 N–H and O–H groups in total. The molecule has 0 spiro atoms. The van der Waals surface area contributed by atoms with Gasteiger partial charge in [0.1, 0.15) is 0 Å². The molecule has 2 bridgehead atoms. The van der Waals surface area contributed by atoms with E-state index in [1.807, 2.05) is 12.2 Å². The zero-order chi connectivity index (χ0) is 12.7. The summed E-state index contributed by atoms with van der Waals surface area (Å²) in [5, 5.41) is 19.6. The molecule has 0 radical (unpaired) electrons. The van der Waals surface area contributed by atoms with Crippen LogP contribution in [-0.2, 0) is 14.3 Å². The summed E-state index contributed by atoms with van der Waals surface area (Å²) < 4.78 is 5.17. The highest BCUT2D eigenvalue weighted by atomic mass is 16.6. The number of fused-ring (bicyclic) bond motifs is 6. The van der Waals surface area contributed by atoms with Crippen LogP contribution in [0.15, 0.2) is 12.2 Å². The van der Waals surface area contributed by atoms with Crippen molar-refractivity contribution in [2.75, 3.05) is 13.2 Å². The molecule has 0 aromatic heterocycles. The number of hydrogen-bond donors (Lipinski definition) is 2. The molecular weight excluding hydrogens is 236 g/mol. The van der Waals surface area contributed by atoms with E-state index in [4.69, 9.17) is 4.74 Å². The van der Waals surface area contributed by atoms with Crippen molar-refractivity contribution >= 4 is 11.6 Å². The third kappa shape index (κ3) is 0.785. The number of rotatable bonds is 2. The molecule has 5 nitrogen and oxygen atoms in total. The number of ketones is 2. The third-order valence-corrected chi connectivity index (χ3v) is 5.53. The van der Waals surface area contributed by atoms with Gasteiger partial charge >= 0.3 is 0 Å². The van der Waals surface area contributed by atoms with E-state index >= 15 is 0 Å². The van der Waals surface area contributed by atoms with Gasteiger partial charge in [0.25, 0.3) is 0 Å². The molecule has 5 heteroatoms. The van der Waals surface area contributed by atoms with Crippen LogP contribution in [-0.4, -0.2) is 47.2 Å². The molecule has 0 amide bonds. The topological polar surface area (TPSA) is 87.1 Å². The number of hydrogen-bond acceptors (Lipinski definition) is 5. The number of carbonyl (C=O) groups is 2. The third-order valence-electron chi connectivity index (χ3n) is 5.53. The van der Waals surface area contributed by atoms with Gasteiger partial charge in [-0.1, -0.05) is 12.2 Å². The predicted molar refractivity (Wildman–Crippen MR) is 58.4 cm³/mol. The molecule has 96 valence electrons. The van der Waals surface area contributed by atoms with E-state index in [1.54, 1.807) is 0 Å². The van der Waals surface area contributed by atoms with E-state index in [-0.39, 0.29) is 23.4 Å². The van der Waals surface area contributed by atoms with Crippen LogP contribution >= 0.6 is 0 Å². The second-order valence-electron chi connectivity index (χ2n) is 5.80. The SMILES string of the molecule is O=C1[C@H]2O[C@H]2C(=O)[C@]2(CO)[C@@H]3C=C[C@@H](C3)[C@]12CO. The Kier molecular flexibility index (Phi) is 1.76. The average molecular weight is 250 g/mol. The van der Waals surface area contributed by atoms with Crippen LogP contribution in [0.25, 0.3) is 0 Å². The molecule has 0 unspecified atom stereocenters. The molecule has 3 aliphatic carbocycles. The van der Waals surface area contributed by atoms with E-state index in [9.17, 15) is 19.8 Å². The van der Waals surface area contributed by atoms with Crippen molar-refractivity contribution in [1.29, 1.82) is 0 Å². The summed E-state index contributed by atoms with van der Waals surface area (Å²) in [5.41, 5.74) is -2.31. The minimum absolute atomic E-state index is 0.152. The predicted octanol–water partition coefficient (Wildman–Crippen LogP) is -0.931. The van der Waals surface area contributed by atoms with Crippen molar-refractivity contribution < 1.29 is 24.5 Å². The fourth-order valence-corrected chi connectivity index (χ4v) is 4.59. The van der Waals surface area contributed by atoms with Crippen molar-refractivity contribution in [3.8, 4) is 0 Å². The summed E-state index contributed by atoms with van der Waals surface area (Å²) in [5.74, 6) is -0.691. The Morgan fingerprint density at radius 3 is 1.89 bits per heavy atom. The van der Waals surface area contributed by atoms with Crippen LogP contribution in [0.3, 0.4) is 0 Å². The molecule has 2 saturated carbocycles. The van der Waals surface area contributed by atoms with Crippen molar-refractivity contribution in [2.45, 2.75) is 18.6 Å². The monoisotopic (exact) mass is 250 g/mol. The molecule has 4 rings (SSSR count). The van der Waals surface area contributed by atoms with Gasteiger partial charge in [-0.2, -0.15) is 0 Å². The highest BCUT2D eigenvalue weighted by Crippen LogP contribution is 2.68. The van der Waals surface area contributed by atoms with E-state index < -0.39 is 36.3 Å². The largest absolute Gasteiger partial charge is 0.395 e. The van der Waals surface area contributed by atoms with Crippen LogP contribution < -0.4 is 0 Å². The normalized spacial score (nSPS) is 55.7. The van der Waals surface area contributed by atoms with Crippen molar-refractivity contribution in [3.63, 3.8) is 0 Å². The van der Waals surface area contributed by atoms with Crippen molar-refractivity contribution in [2.24, 2.45) is 22.7 Å². The minimum atomic E-state index is -1.16. The van der Waals surface area contributed by atoms with Gasteiger partial charge in [0.15, 0.2) is 23.8 Å². The van der Waals surface area contributed by atoms with Crippen LogP contribution in [0.5, 0.6) is 0 Å². The molecule has 3 fully saturated rings. The zero-order valence-electron chi connectivity index (χ0n) is 9.70. The Morgan fingerprint density at radius 2 is 1.50 bits per heavy atom. The first-order chi connectivity index (χ1) is 8.63.